The third kappa shape index (κ3) is 4.06. The average molecular weight is 371 g/mol. The van der Waals surface area contributed by atoms with Gasteiger partial charge in [0, 0.05) is 9.50 Å². The monoisotopic (exact) mass is 369 g/mol. The van der Waals surface area contributed by atoms with Crippen molar-refractivity contribution >= 4 is 27.5 Å². The van der Waals surface area contributed by atoms with Crippen LogP contribution in [0.15, 0.2) is 40.9 Å². The van der Waals surface area contributed by atoms with E-state index in [1.54, 1.807) is 6.07 Å². The maximum atomic E-state index is 13.4. The van der Waals surface area contributed by atoms with E-state index in [0.29, 0.717) is 5.02 Å². The van der Waals surface area contributed by atoms with Gasteiger partial charge in [0.1, 0.15) is 5.82 Å². The van der Waals surface area contributed by atoms with Gasteiger partial charge in [-0.25, -0.2) is 4.39 Å². The fraction of sp³-hybridized carbons (Fsp3) is 0.294. The lowest BCUT2D eigenvalue weighted by atomic mass is 9.94. The molecule has 0 aliphatic heterocycles. The van der Waals surface area contributed by atoms with Gasteiger partial charge in [-0.3, -0.25) is 0 Å². The molecule has 1 atom stereocenters. The van der Waals surface area contributed by atoms with Crippen LogP contribution in [-0.4, -0.2) is 6.54 Å². The maximum absolute atomic E-state index is 13.4. The normalized spacial score (nSPS) is 12.4. The van der Waals surface area contributed by atoms with Crippen molar-refractivity contribution < 1.29 is 4.39 Å². The van der Waals surface area contributed by atoms with Crippen LogP contribution in [0.4, 0.5) is 4.39 Å². The van der Waals surface area contributed by atoms with Gasteiger partial charge in [-0.1, -0.05) is 40.5 Å². The van der Waals surface area contributed by atoms with Gasteiger partial charge in [-0.2, -0.15) is 0 Å². The Morgan fingerprint density at radius 1 is 1.19 bits per heavy atom. The Labute approximate surface area is 138 Å². The van der Waals surface area contributed by atoms with Gasteiger partial charge in [0.25, 0.3) is 0 Å². The van der Waals surface area contributed by atoms with E-state index >= 15 is 0 Å². The van der Waals surface area contributed by atoms with Crippen molar-refractivity contribution in [2.75, 3.05) is 6.54 Å². The molecule has 2 rings (SSSR count). The summed E-state index contributed by atoms with van der Waals surface area (Å²) >= 11 is 9.86. The number of hydrogen-bond donors (Lipinski definition) is 1. The van der Waals surface area contributed by atoms with Gasteiger partial charge in [-0.15, -0.1) is 0 Å². The van der Waals surface area contributed by atoms with Crippen molar-refractivity contribution in [2.24, 2.45) is 0 Å². The van der Waals surface area contributed by atoms with Crippen LogP contribution in [0.5, 0.6) is 0 Å². The van der Waals surface area contributed by atoms with E-state index in [1.165, 1.54) is 6.07 Å². The molecule has 1 nitrogen and oxygen atoms in total. The smallest absolute Gasteiger partial charge is 0.123 e. The van der Waals surface area contributed by atoms with Crippen molar-refractivity contribution in [2.45, 2.75) is 26.3 Å². The van der Waals surface area contributed by atoms with Gasteiger partial charge in [-0.05, 0) is 66.9 Å². The van der Waals surface area contributed by atoms with E-state index in [0.717, 1.165) is 34.1 Å². The summed E-state index contributed by atoms with van der Waals surface area (Å²) in [7, 11) is 0. The first-order valence-electron chi connectivity index (χ1n) is 6.97. The predicted molar refractivity (Wildman–Crippen MR) is 90.4 cm³/mol. The van der Waals surface area contributed by atoms with Gasteiger partial charge in [0.2, 0.25) is 0 Å². The largest absolute Gasteiger partial charge is 0.306 e. The molecular formula is C17H18BrClFN. The maximum Gasteiger partial charge on any atom is 0.123 e. The molecule has 0 saturated carbocycles. The Morgan fingerprint density at radius 3 is 2.62 bits per heavy atom. The molecule has 21 heavy (non-hydrogen) atoms. The molecule has 0 spiro atoms. The highest BCUT2D eigenvalue weighted by Crippen LogP contribution is 2.32. The molecule has 2 aromatic carbocycles. The molecule has 0 bridgehead atoms. The number of halogens is 3. The highest BCUT2D eigenvalue weighted by atomic mass is 79.9. The first-order chi connectivity index (χ1) is 10.0. The second-order valence-corrected chi connectivity index (χ2v) is 6.38. The summed E-state index contributed by atoms with van der Waals surface area (Å²) in [6.45, 7) is 4.90. The molecule has 1 N–H and O–H groups in total. The summed E-state index contributed by atoms with van der Waals surface area (Å²) < 4.78 is 14.3. The zero-order valence-electron chi connectivity index (χ0n) is 12.1. The van der Waals surface area contributed by atoms with Crippen molar-refractivity contribution in [3.05, 3.63) is 68.4 Å². The molecule has 0 heterocycles. The number of benzene rings is 2. The van der Waals surface area contributed by atoms with Crippen molar-refractivity contribution in [1.82, 2.24) is 5.32 Å². The fourth-order valence-corrected chi connectivity index (χ4v) is 2.98. The van der Waals surface area contributed by atoms with Gasteiger partial charge in [0.15, 0.2) is 0 Å². The molecule has 2 aromatic rings. The first-order valence-corrected chi connectivity index (χ1v) is 8.14. The quantitative estimate of drug-likeness (QED) is 0.718. The van der Waals surface area contributed by atoms with Gasteiger partial charge in [0.05, 0.1) is 6.04 Å². The first kappa shape index (κ1) is 16.5. The summed E-state index contributed by atoms with van der Waals surface area (Å²) in [5, 5.41) is 4.21. The Hall–Kier alpha value is -0.900. The van der Waals surface area contributed by atoms with E-state index in [2.05, 4.69) is 28.2 Å². The van der Waals surface area contributed by atoms with Crippen LogP contribution >= 0.6 is 27.5 Å². The minimum absolute atomic E-state index is 0.0458. The lowest BCUT2D eigenvalue weighted by molar-refractivity contribution is 0.590. The number of aryl methyl sites for hydroxylation is 1. The molecule has 0 amide bonds. The van der Waals surface area contributed by atoms with Crippen LogP contribution < -0.4 is 5.32 Å². The molecule has 112 valence electrons. The van der Waals surface area contributed by atoms with Gasteiger partial charge < -0.3 is 5.32 Å². The number of rotatable bonds is 5. The lowest BCUT2D eigenvalue weighted by Crippen LogP contribution is -2.24. The SMILES string of the molecule is CCCNC(c1ccc(F)cc1C)c1cc(Br)ccc1Cl. The van der Waals surface area contributed by atoms with Crippen LogP contribution in [0.1, 0.15) is 36.1 Å². The van der Waals surface area contributed by atoms with Crippen LogP contribution in [0.2, 0.25) is 5.02 Å². The molecule has 0 aliphatic carbocycles. The van der Waals surface area contributed by atoms with E-state index in [9.17, 15) is 4.39 Å². The molecule has 0 saturated heterocycles. The lowest BCUT2D eigenvalue weighted by Gasteiger charge is -2.23. The zero-order valence-corrected chi connectivity index (χ0v) is 14.4. The topological polar surface area (TPSA) is 12.0 Å². The van der Waals surface area contributed by atoms with Crippen molar-refractivity contribution in [1.29, 1.82) is 0 Å². The van der Waals surface area contributed by atoms with Crippen molar-refractivity contribution in [3.63, 3.8) is 0 Å². The van der Waals surface area contributed by atoms with Crippen molar-refractivity contribution in [3.8, 4) is 0 Å². The van der Waals surface area contributed by atoms with E-state index < -0.39 is 0 Å². The third-order valence-electron chi connectivity index (χ3n) is 3.41. The molecular weight excluding hydrogens is 353 g/mol. The molecule has 0 aromatic heterocycles. The van der Waals surface area contributed by atoms with Crippen LogP contribution in [0.25, 0.3) is 0 Å². The van der Waals surface area contributed by atoms with E-state index in [-0.39, 0.29) is 11.9 Å². The summed E-state index contributed by atoms with van der Waals surface area (Å²) in [5.41, 5.74) is 2.96. The van der Waals surface area contributed by atoms with Crippen LogP contribution in [-0.2, 0) is 0 Å². The standard InChI is InChI=1S/C17H18BrClFN/c1-3-8-21-17(14-6-5-13(20)9-11(14)2)15-10-12(18)4-7-16(15)19/h4-7,9-10,17,21H,3,8H2,1-2H3. The highest BCUT2D eigenvalue weighted by Gasteiger charge is 2.18. The third-order valence-corrected chi connectivity index (χ3v) is 4.25. The number of hydrogen-bond acceptors (Lipinski definition) is 1. The summed E-state index contributed by atoms with van der Waals surface area (Å²) in [6, 6.07) is 10.6. The zero-order chi connectivity index (χ0) is 15.4. The minimum atomic E-state index is -0.217. The minimum Gasteiger partial charge on any atom is -0.306 e. The second-order valence-electron chi connectivity index (χ2n) is 5.05. The Morgan fingerprint density at radius 2 is 1.95 bits per heavy atom. The summed E-state index contributed by atoms with van der Waals surface area (Å²) in [4.78, 5) is 0. The van der Waals surface area contributed by atoms with E-state index in [4.69, 9.17) is 11.6 Å². The Bertz CT molecular complexity index is 630. The number of nitrogens with one attached hydrogen (secondary N) is 1. The average Bonchev–Trinajstić information content (AvgIpc) is 2.44. The molecule has 4 heteroatoms. The van der Waals surface area contributed by atoms with Gasteiger partial charge >= 0.3 is 0 Å². The van der Waals surface area contributed by atoms with E-state index in [1.807, 2.05) is 31.2 Å². The Kier molecular flexibility index (Phi) is 5.80. The fourth-order valence-electron chi connectivity index (χ4n) is 2.37. The summed E-state index contributed by atoms with van der Waals surface area (Å²) in [6.07, 6.45) is 1.02. The molecule has 0 radical (unpaired) electrons. The predicted octanol–water partition coefficient (Wildman–Crippen LogP) is 5.64. The highest BCUT2D eigenvalue weighted by molar-refractivity contribution is 9.10. The Balaban J connectivity index is 2.49. The molecule has 1 unspecified atom stereocenters. The van der Waals surface area contributed by atoms with Crippen LogP contribution in [0.3, 0.4) is 0 Å². The second kappa shape index (κ2) is 7.39. The summed E-state index contributed by atoms with van der Waals surface area (Å²) in [5.74, 6) is -0.217. The van der Waals surface area contributed by atoms with Crippen LogP contribution in [0, 0.1) is 12.7 Å². The molecule has 0 fully saturated rings. The molecule has 0 aliphatic rings.